The van der Waals surface area contributed by atoms with E-state index in [0.717, 1.165) is 12.2 Å². The van der Waals surface area contributed by atoms with Crippen molar-refractivity contribution < 1.29 is 0 Å². The summed E-state index contributed by atoms with van der Waals surface area (Å²) < 4.78 is 0. The van der Waals surface area contributed by atoms with E-state index in [1.165, 1.54) is 5.57 Å². The summed E-state index contributed by atoms with van der Waals surface area (Å²) in [6.07, 6.45) is 10.5. The van der Waals surface area contributed by atoms with Crippen molar-refractivity contribution in [3.05, 3.63) is 42.3 Å². The van der Waals surface area contributed by atoms with Crippen molar-refractivity contribution in [1.82, 2.24) is 15.0 Å². The Labute approximate surface area is 83.6 Å². The highest BCUT2D eigenvalue weighted by atomic mass is 15.0. The van der Waals surface area contributed by atoms with E-state index < -0.39 is 0 Å². The first-order valence-corrected chi connectivity index (χ1v) is 4.69. The van der Waals surface area contributed by atoms with Gasteiger partial charge in [0.25, 0.3) is 0 Å². The number of hydrogen-bond acceptors (Lipinski definition) is 3. The maximum atomic E-state index is 4.20. The zero-order valence-electron chi connectivity index (χ0n) is 8.44. The fourth-order valence-electron chi connectivity index (χ4n) is 1.52. The molecule has 3 nitrogen and oxygen atoms in total. The Kier molecular flexibility index (Phi) is 2.15. The molecule has 0 amide bonds. The van der Waals surface area contributed by atoms with Gasteiger partial charge < -0.3 is 0 Å². The van der Waals surface area contributed by atoms with Gasteiger partial charge in [0.05, 0.1) is 0 Å². The Hall–Kier alpha value is -1.51. The summed E-state index contributed by atoms with van der Waals surface area (Å²) in [4.78, 5) is 12.2. The summed E-state index contributed by atoms with van der Waals surface area (Å²) in [6, 6.07) is 0. The van der Waals surface area contributed by atoms with Crippen LogP contribution in [0.25, 0.3) is 0 Å². The molecule has 0 N–H and O–H groups in total. The normalized spacial score (nSPS) is 26.0. The Balaban J connectivity index is 2.32. The molecule has 1 unspecified atom stereocenters. The molecule has 0 radical (unpaired) electrons. The topological polar surface area (TPSA) is 38.7 Å². The van der Waals surface area contributed by atoms with Gasteiger partial charge in [-0.15, -0.1) is 0 Å². The molecule has 1 aliphatic rings. The van der Waals surface area contributed by atoms with Gasteiger partial charge in [-0.1, -0.05) is 23.8 Å². The lowest BCUT2D eigenvalue weighted by atomic mass is 9.81. The van der Waals surface area contributed by atoms with E-state index in [1.807, 2.05) is 0 Å². The van der Waals surface area contributed by atoms with Crippen LogP contribution in [0.5, 0.6) is 0 Å². The van der Waals surface area contributed by atoms with E-state index in [1.54, 1.807) is 12.7 Å². The molecule has 2 rings (SSSR count). The van der Waals surface area contributed by atoms with Gasteiger partial charge in [0.1, 0.15) is 18.5 Å². The number of hydrogen-bond donors (Lipinski definition) is 0. The average molecular weight is 187 g/mol. The Morgan fingerprint density at radius 1 is 1.29 bits per heavy atom. The maximum absolute atomic E-state index is 4.20. The third-order valence-corrected chi connectivity index (χ3v) is 2.57. The van der Waals surface area contributed by atoms with Gasteiger partial charge in [-0.05, 0) is 20.3 Å². The van der Waals surface area contributed by atoms with Crippen LogP contribution in [0.2, 0.25) is 0 Å². The number of rotatable bonds is 1. The predicted octanol–water partition coefficient (Wildman–Crippen LogP) is 2.04. The van der Waals surface area contributed by atoms with Gasteiger partial charge in [-0.25, -0.2) is 15.0 Å². The minimum Gasteiger partial charge on any atom is -0.225 e. The van der Waals surface area contributed by atoms with Gasteiger partial charge in [-0.3, -0.25) is 0 Å². The molecule has 72 valence electrons. The lowest BCUT2D eigenvalue weighted by Crippen LogP contribution is -2.23. The molecule has 1 aromatic rings. The zero-order valence-corrected chi connectivity index (χ0v) is 8.44. The van der Waals surface area contributed by atoms with Crippen molar-refractivity contribution in [2.24, 2.45) is 0 Å². The second kappa shape index (κ2) is 3.33. The highest BCUT2D eigenvalue weighted by Crippen LogP contribution is 2.30. The lowest BCUT2D eigenvalue weighted by molar-refractivity contribution is 0.549. The van der Waals surface area contributed by atoms with Crippen LogP contribution in [0.3, 0.4) is 0 Å². The monoisotopic (exact) mass is 187 g/mol. The second-order valence-electron chi connectivity index (χ2n) is 3.86. The summed E-state index contributed by atoms with van der Waals surface area (Å²) in [5.41, 5.74) is 1.24. The lowest BCUT2D eigenvalue weighted by Gasteiger charge is -2.25. The summed E-state index contributed by atoms with van der Waals surface area (Å²) in [5, 5.41) is 0. The highest BCUT2D eigenvalue weighted by Gasteiger charge is 2.27. The second-order valence-corrected chi connectivity index (χ2v) is 3.86. The minimum absolute atomic E-state index is 0.0670. The molecule has 0 saturated carbocycles. The molecule has 0 aromatic carbocycles. The Morgan fingerprint density at radius 2 is 2.00 bits per heavy atom. The molecular weight excluding hydrogens is 174 g/mol. The van der Waals surface area contributed by atoms with Gasteiger partial charge in [0.2, 0.25) is 0 Å². The number of nitrogens with zero attached hydrogens (tertiary/aromatic N) is 3. The summed E-state index contributed by atoms with van der Waals surface area (Å²) >= 11 is 0. The summed E-state index contributed by atoms with van der Waals surface area (Å²) in [7, 11) is 0. The van der Waals surface area contributed by atoms with Gasteiger partial charge >= 0.3 is 0 Å². The van der Waals surface area contributed by atoms with Gasteiger partial charge in [0, 0.05) is 5.41 Å². The standard InChI is InChI=1S/C11H13N3/c1-9-3-5-11(2,6-4-9)10-13-7-12-8-14-10/h3-5,7-8H,6H2,1-2H3. The van der Waals surface area contributed by atoms with E-state index in [2.05, 4.69) is 47.0 Å². The van der Waals surface area contributed by atoms with E-state index in [0.29, 0.717) is 0 Å². The Morgan fingerprint density at radius 3 is 2.57 bits per heavy atom. The third-order valence-electron chi connectivity index (χ3n) is 2.57. The fourth-order valence-corrected chi connectivity index (χ4v) is 1.52. The third kappa shape index (κ3) is 1.58. The van der Waals surface area contributed by atoms with Crippen LogP contribution in [0.1, 0.15) is 26.1 Å². The number of allylic oxidation sites excluding steroid dienone is 4. The highest BCUT2D eigenvalue weighted by molar-refractivity contribution is 5.30. The van der Waals surface area contributed by atoms with Crippen LogP contribution in [-0.2, 0) is 5.41 Å². The maximum Gasteiger partial charge on any atom is 0.141 e. The van der Waals surface area contributed by atoms with Gasteiger partial charge in [0.15, 0.2) is 0 Å². The molecule has 0 saturated heterocycles. The van der Waals surface area contributed by atoms with Crippen LogP contribution < -0.4 is 0 Å². The van der Waals surface area contributed by atoms with Crippen molar-refractivity contribution in [3.8, 4) is 0 Å². The van der Waals surface area contributed by atoms with Crippen molar-refractivity contribution in [2.75, 3.05) is 0 Å². The molecule has 0 aliphatic heterocycles. The fraction of sp³-hybridized carbons (Fsp3) is 0.364. The quantitative estimate of drug-likeness (QED) is 0.675. The van der Waals surface area contributed by atoms with Crippen LogP contribution in [-0.4, -0.2) is 15.0 Å². The van der Waals surface area contributed by atoms with Crippen molar-refractivity contribution in [1.29, 1.82) is 0 Å². The Bertz CT molecular complexity index is 381. The molecule has 1 aromatic heterocycles. The first-order valence-electron chi connectivity index (χ1n) is 4.69. The van der Waals surface area contributed by atoms with Crippen LogP contribution in [0.15, 0.2) is 36.5 Å². The van der Waals surface area contributed by atoms with Crippen LogP contribution in [0, 0.1) is 0 Å². The summed E-state index contributed by atoms with van der Waals surface area (Å²) in [6.45, 7) is 4.24. The molecule has 1 atom stereocenters. The smallest absolute Gasteiger partial charge is 0.141 e. The molecule has 0 fully saturated rings. The molecule has 0 bridgehead atoms. The average Bonchev–Trinajstić information content (AvgIpc) is 2.24. The van der Waals surface area contributed by atoms with E-state index in [9.17, 15) is 0 Å². The molecule has 14 heavy (non-hydrogen) atoms. The minimum atomic E-state index is -0.0670. The van der Waals surface area contributed by atoms with Crippen LogP contribution in [0.4, 0.5) is 0 Å². The van der Waals surface area contributed by atoms with Crippen molar-refractivity contribution >= 4 is 0 Å². The first kappa shape index (κ1) is 9.06. The van der Waals surface area contributed by atoms with Crippen molar-refractivity contribution in [3.63, 3.8) is 0 Å². The number of aromatic nitrogens is 3. The van der Waals surface area contributed by atoms with Crippen molar-refractivity contribution in [2.45, 2.75) is 25.7 Å². The van der Waals surface area contributed by atoms with Crippen LogP contribution >= 0.6 is 0 Å². The first-order chi connectivity index (χ1) is 6.71. The molecule has 1 aliphatic carbocycles. The van der Waals surface area contributed by atoms with E-state index in [4.69, 9.17) is 0 Å². The van der Waals surface area contributed by atoms with Gasteiger partial charge in [-0.2, -0.15) is 0 Å². The van der Waals surface area contributed by atoms with E-state index >= 15 is 0 Å². The molecular formula is C11H13N3. The zero-order chi connectivity index (χ0) is 10.0. The SMILES string of the molecule is CC1=CCC(C)(c2ncncn2)C=C1. The molecule has 0 spiro atoms. The largest absolute Gasteiger partial charge is 0.225 e. The molecule has 3 heteroatoms. The predicted molar refractivity (Wildman–Crippen MR) is 54.7 cm³/mol. The van der Waals surface area contributed by atoms with E-state index in [-0.39, 0.29) is 5.41 Å². The molecule has 1 heterocycles. The summed E-state index contributed by atoms with van der Waals surface area (Å²) in [5.74, 6) is 0.840.